The predicted octanol–water partition coefficient (Wildman–Crippen LogP) is 9.45. The summed E-state index contributed by atoms with van der Waals surface area (Å²) in [5.41, 5.74) is 18.0. The van der Waals surface area contributed by atoms with Crippen LogP contribution >= 0.6 is 0 Å². The van der Waals surface area contributed by atoms with Crippen molar-refractivity contribution in [3.63, 3.8) is 0 Å². The first-order valence-corrected chi connectivity index (χ1v) is 14.1. The lowest BCUT2D eigenvalue weighted by Gasteiger charge is -2.28. The highest BCUT2D eigenvalue weighted by Crippen LogP contribution is 2.38. The molecular formula is C35H42N2O2. The van der Waals surface area contributed by atoms with E-state index in [0.29, 0.717) is 0 Å². The van der Waals surface area contributed by atoms with Crippen LogP contribution in [0, 0.1) is 0 Å². The van der Waals surface area contributed by atoms with E-state index in [1.165, 1.54) is 22.3 Å². The van der Waals surface area contributed by atoms with Gasteiger partial charge in [0.25, 0.3) is 0 Å². The third-order valence-corrected chi connectivity index (χ3v) is 7.38. The monoisotopic (exact) mass is 522 g/mol. The van der Waals surface area contributed by atoms with E-state index in [-0.39, 0.29) is 5.41 Å². The lowest BCUT2D eigenvalue weighted by Crippen LogP contribution is -2.19. The van der Waals surface area contributed by atoms with Gasteiger partial charge in [-0.1, -0.05) is 64.8 Å². The SMILES string of the molecule is CCCCc1cc(C(C)(C)c2ccc(Oc3ccc(N)cc3)c(CCCC)c2)ccc1Oc1ccc(N)cc1. The lowest BCUT2D eigenvalue weighted by molar-refractivity contribution is 0.473. The predicted molar refractivity (Wildman–Crippen MR) is 164 cm³/mol. The molecule has 4 nitrogen and oxygen atoms in total. The average molecular weight is 523 g/mol. The second-order valence-corrected chi connectivity index (χ2v) is 10.8. The fraction of sp³-hybridized carbons (Fsp3) is 0.314. The maximum atomic E-state index is 6.30. The minimum atomic E-state index is -0.193. The normalized spacial score (nSPS) is 11.4. The minimum Gasteiger partial charge on any atom is -0.457 e. The molecule has 0 radical (unpaired) electrons. The summed E-state index contributed by atoms with van der Waals surface area (Å²) >= 11 is 0. The van der Waals surface area contributed by atoms with Gasteiger partial charge in [0, 0.05) is 16.8 Å². The van der Waals surface area contributed by atoms with Gasteiger partial charge in [-0.05, 0) is 109 Å². The van der Waals surface area contributed by atoms with Gasteiger partial charge in [-0.25, -0.2) is 0 Å². The van der Waals surface area contributed by atoms with E-state index in [1.54, 1.807) is 0 Å². The molecule has 4 rings (SSSR count). The van der Waals surface area contributed by atoms with Gasteiger partial charge in [-0.2, -0.15) is 0 Å². The number of rotatable bonds is 12. The highest BCUT2D eigenvalue weighted by Gasteiger charge is 2.25. The zero-order valence-electron chi connectivity index (χ0n) is 23.8. The number of hydrogen-bond acceptors (Lipinski definition) is 4. The summed E-state index contributed by atoms with van der Waals surface area (Å²) in [6.07, 6.45) is 6.43. The fourth-order valence-electron chi connectivity index (χ4n) is 4.75. The Morgan fingerprint density at radius 3 is 1.31 bits per heavy atom. The molecule has 0 atom stereocenters. The molecule has 0 aromatic heterocycles. The number of nitrogen functional groups attached to an aromatic ring is 2. The van der Waals surface area contributed by atoms with Gasteiger partial charge in [0.15, 0.2) is 0 Å². The van der Waals surface area contributed by atoms with Crippen LogP contribution in [0.2, 0.25) is 0 Å². The van der Waals surface area contributed by atoms with Crippen LogP contribution < -0.4 is 20.9 Å². The van der Waals surface area contributed by atoms with Gasteiger partial charge in [-0.3, -0.25) is 0 Å². The Bertz CT molecular complexity index is 1250. The van der Waals surface area contributed by atoms with Crippen molar-refractivity contribution in [3.8, 4) is 23.0 Å². The molecule has 0 aliphatic heterocycles. The zero-order chi connectivity index (χ0) is 27.8. The molecule has 4 N–H and O–H groups in total. The summed E-state index contributed by atoms with van der Waals surface area (Å²) in [7, 11) is 0. The molecule has 0 heterocycles. The molecule has 0 unspecified atom stereocenters. The highest BCUT2D eigenvalue weighted by atomic mass is 16.5. The molecule has 0 bridgehead atoms. The number of ether oxygens (including phenoxy) is 2. The first-order valence-electron chi connectivity index (χ1n) is 14.1. The van der Waals surface area contributed by atoms with Crippen molar-refractivity contribution >= 4 is 11.4 Å². The van der Waals surface area contributed by atoms with E-state index < -0.39 is 0 Å². The maximum Gasteiger partial charge on any atom is 0.130 e. The van der Waals surface area contributed by atoms with Crippen LogP contribution in [-0.2, 0) is 18.3 Å². The van der Waals surface area contributed by atoms with Gasteiger partial charge in [0.1, 0.15) is 23.0 Å². The summed E-state index contributed by atoms with van der Waals surface area (Å²) in [5, 5.41) is 0. The summed E-state index contributed by atoms with van der Waals surface area (Å²) in [6.45, 7) is 9.04. The van der Waals surface area contributed by atoms with E-state index in [4.69, 9.17) is 20.9 Å². The average Bonchev–Trinajstić information content (AvgIpc) is 2.94. The van der Waals surface area contributed by atoms with Crippen molar-refractivity contribution in [3.05, 3.63) is 107 Å². The van der Waals surface area contributed by atoms with Gasteiger partial charge in [-0.15, -0.1) is 0 Å². The van der Waals surface area contributed by atoms with Crippen LogP contribution in [0.4, 0.5) is 11.4 Å². The Balaban J connectivity index is 1.65. The third-order valence-electron chi connectivity index (χ3n) is 7.38. The number of hydrogen-bond donors (Lipinski definition) is 2. The van der Waals surface area contributed by atoms with Crippen molar-refractivity contribution in [1.29, 1.82) is 0 Å². The van der Waals surface area contributed by atoms with E-state index in [1.807, 2.05) is 48.5 Å². The van der Waals surface area contributed by atoms with Gasteiger partial charge in [0.2, 0.25) is 0 Å². The number of nitrogens with two attached hydrogens (primary N) is 2. The third kappa shape index (κ3) is 7.14. The number of aryl methyl sites for hydroxylation is 2. The number of anilines is 2. The van der Waals surface area contributed by atoms with E-state index in [0.717, 1.165) is 72.9 Å². The fourth-order valence-corrected chi connectivity index (χ4v) is 4.75. The van der Waals surface area contributed by atoms with Crippen LogP contribution in [0.1, 0.15) is 75.6 Å². The summed E-state index contributed by atoms with van der Waals surface area (Å²) in [5.74, 6) is 3.41. The van der Waals surface area contributed by atoms with Crippen molar-refractivity contribution in [1.82, 2.24) is 0 Å². The topological polar surface area (TPSA) is 70.5 Å². The standard InChI is InChI=1S/C35H42N2O2/c1-5-7-9-25-23-27(11-21-33(25)38-31-17-13-29(36)14-18-31)35(3,4)28-12-22-34(26(24-28)10-8-6-2)39-32-19-15-30(37)16-20-32/h11-24H,5-10,36-37H2,1-4H3. The Hall–Kier alpha value is -3.92. The molecule has 0 saturated carbocycles. The highest BCUT2D eigenvalue weighted by molar-refractivity contribution is 5.51. The zero-order valence-corrected chi connectivity index (χ0v) is 23.8. The van der Waals surface area contributed by atoms with Crippen LogP contribution in [0.5, 0.6) is 23.0 Å². The summed E-state index contributed by atoms with van der Waals surface area (Å²) < 4.78 is 12.6. The molecule has 0 amide bonds. The van der Waals surface area contributed by atoms with Crippen LogP contribution in [0.3, 0.4) is 0 Å². The van der Waals surface area contributed by atoms with Crippen LogP contribution in [-0.4, -0.2) is 0 Å². The van der Waals surface area contributed by atoms with Crippen molar-refractivity contribution in [2.24, 2.45) is 0 Å². The molecular weight excluding hydrogens is 480 g/mol. The van der Waals surface area contributed by atoms with Gasteiger partial charge < -0.3 is 20.9 Å². The molecule has 0 aliphatic rings. The summed E-state index contributed by atoms with van der Waals surface area (Å²) in [6, 6.07) is 28.5. The van der Waals surface area contributed by atoms with Crippen molar-refractivity contribution in [2.45, 2.75) is 71.6 Å². The molecule has 204 valence electrons. The summed E-state index contributed by atoms with van der Waals surface area (Å²) in [4.78, 5) is 0. The van der Waals surface area contributed by atoms with Crippen molar-refractivity contribution < 1.29 is 9.47 Å². The molecule has 0 spiro atoms. The molecule has 4 heteroatoms. The smallest absolute Gasteiger partial charge is 0.130 e. The molecule has 39 heavy (non-hydrogen) atoms. The van der Waals surface area contributed by atoms with E-state index in [2.05, 4.69) is 64.1 Å². The van der Waals surface area contributed by atoms with Gasteiger partial charge in [0.05, 0.1) is 0 Å². The largest absolute Gasteiger partial charge is 0.457 e. The van der Waals surface area contributed by atoms with E-state index >= 15 is 0 Å². The maximum absolute atomic E-state index is 6.30. The van der Waals surface area contributed by atoms with Gasteiger partial charge >= 0.3 is 0 Å². The molecule has 0 aliphatic carbocycles. The second kappa shape index (κ2) is 12.8. The second-order valence-electron chi connectivity index (χ2n) is 10.8. The molecule has 0 saturated heterocycles. The molecule has 4 aromatic rings. The lowest BCUT2D eigenvalue weighted by atomic mass is 9.76. The van der Waals surface area contributed by atoms with Crippen molar-refractivity contribution in [2.75, 3.05) is 11.5 Å². The quantitative estimate of drug-likeness (QED) is 0.182. The van der Waals surface area contributed by atoms with Crippen LogP contribution in [0.15, 0.2) is 84.9 Å². The Labute approximate surface area is 234 Å². The first-order chi connectivity index (χ1) is 18.8. The Kier molecular flexibility index (Phi) is 9.19. The molecule has 4 aromatic carbocycles. The number of unbranched alkanes of at least 4 members (excludes halogenated alkanes) is 2. The number of benzene rings is 4. The Morgan fingerprint density at radius 1 is 0.564 bits per heavy atom. The minimum absolute atomic E-state index is 0.193. The van der Waals surface area contributed by atoms with Crippen LogP contribution in [0.25, 0.3) is 0 Å². The molecule has 0 fully saturated rings. The Morgan fingerprint density at radius 2 is 0.949 bits per heavy atom. The first kappa shape index (κ1) is 28.1. The van der Waals surface area contributed by atoms with E-state index in [9.17, 15) is 0 Å².